The standard InChI is InChI=1S/C40H54N2O9S/c1-5-33(40(43)44)39(52(45,46)32-14-7-28(2)8-15-32)35-24-34(31-12-9-29(10-13-31)26-49-22-21-48-4)38(25-41-35)51-27-30-11-16-37-36(23-30)42(18-20-50-37)17-6-19-47-3/h7-16,23,33-35,38-39,41H,5-6,17-22,24-27H2,1-4H3,(H,43,44)/t33?,34-,35-,38+,39?/m1/s1. The molecule has 0 spiro atoms. The summed E-state index contributed by atoms with van der Waals surface area (Å²) >= 11 is 0. The molecule has 2 unspecified atom stereocenters. The molecule has 0 aromatic heterocycles. The third-order valence-electron chi connectivity index (χ3n) is 10.1. The molecule has 1 saturated heterocycles. The Morgan fingerprint density at radius 3 is 2.40 bits per heavy atom. The molecule has 3 aromatic carbocycles. The average Bonchev–Trinajstić information content (AvgIpc) is 3.15. The number of fused-ring (bicyclic) bond motifs is 1. The molecule has 0 aliphatic carbocycles. The van der Waals surface area contributed by atoms with Gasteiger partial charge in [0.25, 0.3) is 0 Å². The number of carboxylic acids is 1. The molecule has 3 aromatic rings. The number of aryl methyl sites for hydroxylation is 1. The van der Waals surface area contributed by atoms with Gasteiger partial charge in [0, 0.05) is 45.9 Å². The van der Waals surface area contributed by atoms with Gasteiger partial charge >= 0.3 is 5.97 Å². The van der Waals surface area contributed by atoms with Crippen LogP contribution < -0.4 is 15.0 Å². The van der Waals surface area contributed by atoms with Gasteiger partial charge in [-0.25, -0.2) is 8.42 Å². The van der Waals surface area contributed by atoms with Gasteiger partial charge in [-0.1, -0.05) is 55.0 Å². The average molecular weight is 739 g/mol. The van der Waals surface area contributed by atoms with Gasteiger partial charge in [0.1, 0.15) is 12.4 Å². The van der Waals surface area contributed by atoms with Crippen molar-refractivity contribution in [2.24, 2.45) is 5.92 Å². The van der Waals surface area contributed by atoms with E-state index in [9.17, 15) is 18.3 Å². The van der Waals surface area contributed by atoms with E-state index in [1.165, 1.54) is 0 Å². The van der Waals surface area contributed by atoms with Gasteiger partial charge in [-0.05, 0) is 67.1 Å². The lowest BCUT2D eigenvalue weighted by molar-refractivity contribution is -0.142. The van der Waals surface area contributed by atoms with Gasteiger partial charge in [0.2, 0.25) is 0 Å². The van der Waals surface area contributed by atoms with E-state index in [2.05, 4.69) is 16.3 Å². The van der Waals surface area contributed by atoms with Crippen LogP contribution in [0.5, 0.6) is 5.75 Å². The van der Waals surface area contributed by atoms with Gasteiger partial charge in [-0.15, -0.1) is 0 Å². The number of anilines is 1. The van der Waals surface area contributed by atoms with E-state index in [4.69, 9.17) is 23.7 Å². The van der Waals surface area contributed by atoms with Crippen LogP contribution in [0.25, 0.3) is 0 Å². The number of hydrogen-bond donors (Lipinski definition) is 2. The fourth-order valence-electron chi connectivity index (χ4n) is 7.28. The van der Waals surface area contributed by atoms with Crippen LogP contribution in [0.3, 0.4) is 0 Å². The molecule has 11 nitrogen and oxygen atoms in total. The van der Waals surface area contributed by atoms with Crippen LogP contribution >= 0.6 is 0 Å². The second-order valence-electron chi connectivity index (χ2n) is 13.7. The largest absolute Gasteiger partial charge is 0.490 e. The van der Waals surface area contributed by atoms with Crippen LogP contribution in [0.15, 0.2) is 71.6 Å². The highest BCUT2D eigenvalue weighted by atomic mass is 32.2. The molecule has 2 N–H and O–H groups in total. The van der Waals surface area contributed by atoms with Crippen molar-refractivity contribution in [1.29, 1.82) is 0 Å². The van der Waals surface area contributed by atoms with Crippen molar-refractivity contribution in [2.75, 3.05) is 65.2 Å². The molecule has 0 amide bonds. The predicted octanol–water partition coefficient (Wildman–Crippen LogP) is 5.38. The predicted molar refractivity (Wildman–Crippen MR) is 200 cm³/mol. The number of nitrogens with one attached hydrogen (secondary N) is 1. The lowest BCUT2D eigenvalue weighted by atomic mass is 9.80. The number of benzene rings is 3. The summed E-state index contributed by atoms with van der Waals surface area (Å²) in [6.45, 7) is 8.74. The van der Waals surface area contributed by atoms with Crippen LogP contribution in [0, 0.1) is 12.8 Å². The summed E-state index contributed by atoms with van der Waals surface area (Å²) in [5.41, 5.74) is 4.96. The molecule has 12 heteroatoms. The summed E-state index contributed by atoms with van der Waals surface area (Å²) in [6, 6.07) is 20.3. The van der Waals surface area contributed by atoms with Crippen LogP contribution in [0.2, 0.25) is 0 Å². The van der Waals surface area contributed by atoms with Gasteiger partial charge in [0.15, 0.2) is 9.84 Å². The number of rotatable bonds is 19. The molecule has 0 radical (unpaired) electrons. The highest BCUT2D eigenvalue weighted by molar-refractivity contribution is 7.92. The number of methoxy groups -OCH3 is 2. The fraction of sp³-hybridized carbons (Fsp3) is 0.525. The summed E-state index contributed by atoms with van der Waals surface area (Å²) < 4.78 is 57.4. The molecule has 2 aliphatic heterocycles. The van der Waals surface area contributed by atoms with Crippen LogP contribution in [0.4, 0.5) is 5.69 Å². The topological polar surface area (TPSA) is 133 Å². The summed E-state index contributed by atoms with van der Waals surface area (Å²) in [7, 11) is -0.684. The van der Waals surface area contributed by atoms with E-state index in [-0.39, 0.29) is 23.3 Å². The molecule has 284 valence electrons. The van der Waals surface area contributed by atoms with Crippen LogP contribution in [-0.4, -0.2) is 97.2 Å². The highest BCUT2D eigenvalue weighted by Crippen LogP contribution is 2.38. The maximum absolute atomic E-state index is 14.3. The van der Waals surface area contributed by atoms with Crippen molar-refractivity contribution in [3.05, 3.63) is 89.0 Å². The van der Waals surface area contributed by atoms with Crippen LogP contribution in [0.1, 0.15) is 54.4 Å². The number of carbonyl (C=O) groups is 1. The molecule has 52 heavy (non-hydrogen) atoms. The van der Waals surface area contributed by atoms with E-state index in [1.54, 1.807) is 45.4 Å². The van der Waals surface area contributed by atoms with Crippen molar-refractivity contribution in [3.8, 4) is 5.75 Å². The quantitative estimate of drug-likeness (QED) is 0.154. The lowest BCUT2D eigenvalue weighted by Crippen LogP contribution is -2.56. The highest BCUT2D eigenvalue weighted by Gasteiger charge is 2.47. The molecular formula is C40H54N2O9S. The molecule has 2 aliphatic rings. The van der Waals surface area contributed by atoms with Gasteiger partial charge in [-0.2, -0.15) is 0 Å². The number of sulfone groups is 1. The Hall–Kier alpha value is -3.52. The number of carboxylic acid groups (broad SMARTS) is 1. The van der Waals surface area contributed by atoms with Crippen molar-refractivity contribution in [1.82, 2.24) is 5.32 Å². The number of hydrogen-bond acceptors (Lipinski definition) is 10. The number of aliphatic carboxylic acids is 1. The van der Waals surface area contributed by atoms with Crippen molar-refractivity contribution in [3.63, 3.8) is 0 Å². The Kier molecular flexibility index (Phi) is 14.5. The number of nitrogens with zero attached hydrogens (tertiary/aromatic N) is 1. The summed E-state index contributed by atoms with van der Waals surface area (Å²) in [6.07, 6.45) is 1.15. The summed E-state index contributed by atoms with van der Waals surface area (Å²) in [5.74, 6) is -1.57. The second kappa shape index (κ2) is 19.0. The van der Waals surface area contributed by atoms with E-state index in [1.807, 2.05) is 43.3 Å². The minimum atomic E-state index is -4.03. The Morgan fingerprint density at radius 1 is 0.981 bits per heavy atom. The lowest BCUT2D eigenvalue weighted by Gasteiger charge is -2.41. The first kappa shape index (κ1) is 39.7. The first-order valence-corrected chi connectivity index (χ1v) is 19.7. The molecule has 1 fully saturated rings. The monoisotopic (exact) mass is 738 g/mol. The Bertz CT molecular complexity index is 1680. The Balaban J connectivity index is 1.41. The van der Waals surface area contributed by atoms with E-state index in [0.29, 0.717) is 52.6 Å². The normalized spacial score (nSPS) is 20.2. The summed E-state index contributed by atoms with van der Waals surface area (Å²) in [5, 5.41) is 12.6. The van der Waals surface area contributed by atoms with Crippen molar-refractivity contribution < 1.29 is 42.0 Å². The van der Waals surface area contributed by atoms with E-state index >= 15 is 0 Å². The Labute approximate surface area is 308 Å². The second-order valence-corrected chi connectivity index (χ2v) is 15.8. The third-order valence-corrected chi connectivity index (χ3v) is 12.4. The van der Waals surface area contributed by atoms with Gasteiger partial charge < -0.3 is 39.0 Å². The van der Waals surface area contributed by atoms with Crippen LogP contribution in [-0.2, 0) is 46.8 Å². The zero-order valence-electron chi connectivity index (χ0n) is 30.8. The minimum Gasteiger partial charge on any atom is -0.490 e. The molecule has 0 bridgehead atoms. The van der Waals surface area contributed by atoms with Crippen molar-refractivity contribution in [2.45, 2.75) is 74.5 Å². The smallest absolute Gasteiger partial charge is 0.307 e. The van der Waals surface area contributed by atoms with E-state index in [0.717, 1.165) is 53.2 Å². The summed E-state index contributed by atoms with van der Waals surface area (Å²) in [4.78, 5) is 15.1. The van der Waals surface area contributed by atoms with Gasteiger partial charge in [-0.3, -0.25) is 4.79 Å². The SMILES string of the molecule is CCC(C(=O)O)C([C@H]1C[C@H](c2ccc(COCCOC)cc2)[C@@H](OCc2ccc3c(c2)N(CCCOC)CCO3)CN1)S(=O)(=O)c1ccc(C)cc1. The first-order valence-electron chi connectivity index (χ1n) is 18.2. The molecule has 0 saturated carbocycles. The minimum absolute atomic E-state index is 0.130. The maximum Gasteiger partial charge on any atom is 0.307 e. The van der Waals surface area contributed by atoms with E-state index < -0.39 is 33.0 Å². The van der Waals surface area contributed by atoms with Gasteiger partial charge in [0.05, 0.1) is 60.8 Å². The fourth-order valence-corrected chi connectivity index (χ4v) is 9.49. The molecular weight excluding hydrogens is 685 g/mol. The number of ether oxygens (including phenoxy) is 5. The zero-order chi connectivity index (χ0) is 37.1. The third kappa shape index (κ3) is 9.91. The number of piperidine rings is 1. The molecule has 2 heterocycles. The zero-order valence-corrected chi connectivity index (χ0v) is 31.6. The molecule has 5 rings (SSSR count). The Morgan fingerprint density at radius 2 is 1.71 bits per heavy atom. The first-order chi connectivity index (χ1) is 25.2. The van der Waals surface area contributed by atoms with Crippen molar-refractivity contribution >= 4 is 21.5 Å². The maximum atomic E-state index is 14.3. The molecule has 5 atom stereocenters.